The van der Waals surface area contributed by atoms with Crippen molar-refractivity contribution < 1.29 is 19.4 Å². The zero-order chi connectivity index (χ0) is 21.1. The van der Waals surface area contributed by atoms with Crippen LogP contribution >= 0.6 is 0 Å². The van der Waals surface area contributed by atoms with Crippen LogP contribution < -0.4 is 4.74 Å². The maximum absolute atomic E-state index is 13.3. The quantitative estimate of drug-likeness (QED) is 0.569. The Morgan fingerprint density at radius 2 is 1.79 bits per heavy atom. The fourth-order valence-electron chi connectivity index (χ4n) is 4.04. The van der Waals surface area contributed by atoms with Crippen LogP contribution in [0, 0.1) is 20.8 Å². The van der Waals surface area contributed by atoms with Gasteiger partial charge in [-0.3, -0.25) is 14.0 Å². The molecule has 2 aromatic heterocycles. The third kappa shape index (κ3) is 4.16. The zero-order valence-corrected chi connectivity index (χ0v) is 17.2. The Bertz CT molecular complexity index is 1050. The molecule has 3 aromatic rings. The minimum Gasteiger partial charge on any atom is -0.490 e. The van der Waals surface area contributed by atoms with Crippen LogP contribution in [0.2, 0.25) is 0 Å². The number of aliphatic carboxylic acids is 1. The predicted molar refractivity (Wildman–Crippen MR) is 111 cm³/mol. The van der Waals surface area contributed by atoms with E-state index in [0.29, 0.717) is 29.4 Å². The molecule has 0 amide bonds. The number of carbonyl (C=O) groups excluding carboxylic acids is 1. The van der Waals surface area contributed by atoms with Crippen LogP contribution in [-0.4, -0.2) is 32.9 Å². The van der Waals surface area contributed by atoms with Crippen LogP contribution in [0.4, 0.5) is 0 Å². The van der Waals surface area contributed by atoms with Gasteiger partial charge in [0, 0.05) is 18.5 Å². The smallest absolute Gasteiger partial charge is 0.303 e. The van der Waals surface area contributed by atoms with Crippen LogP contribution in [0.3, 0.4) is 0 Å². The van der Waals surface area contributed by atoms with E-state index in [1.54, 1.807) is 17.5 Å². The van der Waals surface area contributed by atoms with Crippen LogP contribution in [-0.2, 0) is 4.79 Å². The van der Waals surface area contributed by atoms with Gasteiger partial charge in [0.05, 0.1) is 18.7 Å². The molecule has 0 unspecified atom stereocenters. The Morgan fingerprint density at radius 1 is 1.10 bits per heavy atom. The minimum absolute atomic E-state index is 0.0998. The lowest BCUT2D eigenvalue weighted by molar-refractivity contribution is -0.137. The Morgan fingerprint density at radius 3 is 2.41 bits per heavy atom. The number of hydrogen-bond acceptors (Lipinski definition) is 4. The lowest BCUT2D eigenvalue weighted by atomic mass is 9.84. The first-order valence-electron chi connectivity index (χ1n) is 9.75. The van der Waals surface area contributed by atoms with Crippen molar-refractivity contribution in [2.45, 2.75) is 46.5 Å². The number of carbonyl (C=O) groups is 2. The van der Waals surface area contributed by atoms with Gasteiger partial charge in [0.25, 0.3) is 0 Å². The van der Waals surface area contributed by atoms with E-state index >= 15 is 0 Å². The highest BCUT2D eigenvalue weighted by atomic mass is 16.5. The highest BCUT2D eigenvalue weighted by Gasteiger charge is 2.26. The first-order valence-corrected chi connectivity index (χ1v) is 9.75. The van der Waals surface area contributed by atoms with Crippen molar-refractivity contribution in [2.75, 3.05) is 6.61 Å². The average molecular weight is 394 g/mol. The van der Waals surface area contributed by atoms with Crippen molar-refractivity contribution in [3.05, 3.63) is 64.6 Å². The highest BCUT2D eigenvalue weighted by molar-refractivity contribution is 5.97. The molecule has 1 N–H and O–H groups in total. The number of benzene rings is 1. The molecule has 0 aliphatic heterocycles. The van der Waals surface area contributed by atoms with E-state index < -0.39 is 11.9 Å². The minimum atomic E-state index is -0.918. The second-order valence-electron chi connectivity index (χ2n) is 7.27. The molecular weight excluding hydrogens is 368 g/mol. The molecule has 29 heavy (non-hydrogen) atoms. The van der Waals surface area contributed by atoms with Crippen LogP contribution in [0.15, 0.2) is 36.5 Å². The summed E-state index contributed by atoms with van der Waals surface area (Å²) in [6, 6.07) is 9.49. The highest BCUT2D eigenvalue weighted by Crippen LogP contribution is 2.32. The molecule has 3 rings (SSSR count). The number of pyridine rings is 1. The molecular formula is C23H26N2O4. The molecule has 0 bridgehead atoms. The molecule has 2 heterocycles. The van der Waals surface area contributed by atoms with Gasteiger partial charge in [0.1, 0.15) is 5.69 Å². The van der Waals surface area contributed by atoms with Crippen molar-refractivity contribution >= 4 is 17.4 Å². The molecule has 0 saturated carbocycles. The standard InChI is InChI=1S/C23H26N2O4/c1-5-29-19-10-7-11-25-22(16(4)24-23(19)25)18(26)12-17(13-20(27)28)21-14(2)8-6-9-15(21)3/h6-11,17H,5,12-13H2,1-4H3,(H,27,28)/t17-/m0/s1. The molecule has 1 aromatic carbocycles. The summed E-state index contributed by atoms with van der Waals surface area (Å²) in [7, 11) is 0. The van der Waals surface area contributed by atoms with E-state index in [4.69, 9.17) is 4.74 Å². The SMILES string of the molecule is CCOc1cccn2c(C(=O)C[C@@H](CC(=O)O)c3c(C)cccc3C)c(C)nc12. The van der Waals surface area contributed by atoms with Crippen molar-refractivity contribution in [3.63, 3.8) is 0 Å². The number of rotatable bonds is 8. The third-order valence-electron chi connectivity index (χ3n) is 5.16. The zero-order valence-electron chi connectivity index (χ0n) is 17.2. The molecule has 0 saturated heterocycles. The van der Waals surface area contributed by atoms with Crippen LogP contribution in [0.1, 0.15) is 58.6 Å². The van der Waals surface area contributed by atoms with E-state index in [-0.39, 0.29) is 18.6 Å². The monoisotopic (exact) mass is 394 g/mol. The average Bonchev–Trinajstić information content (AvgIpc) is 2.98. The van der Waals surface area contributed by atoms with Gasteiger partial charge in [-0.05, 0) is 56.5 Å². The van der Waals surface area contributed by atoms with Crippen LogP contribution in [0.25, 0.3) is 5.65 Å². The van der Waals surface area contributed by atoms with E-state index in [9.17, 15) is 14.7 Å². The summed E-state index contributed by atoms with van der Waals surface area (Å²) in [5.74, 6) is -0.827. The number of aromatic nitrogens is 2. The number of ether oxygens (including phenoxy) is 1. The van der Waals surface area contributed by atoms with Crippen LogP contribution in [0.5, 0.6) is 5.75 Å². The van der Waals surface area contributed by atoms with Gasteiger partial charge >= 0.3 is 5.97 Å². The summed E-state index contributed by atoms with van der Waals surface area (Å²) in [5.41, 5.74) is 4.61. The molecule has 0 fully saturated rings. The van der Waals surface area contributed by atoms with E-state index in [1.807, 2.05) is 51.1 Å². The Kier molecular flexibility index (Phi) is 6.01. The maximum atomic E-state index is 13.3. The number of aryl methyl sites for hydroxylation is 3. The van der Waals surface area contributed by atoms with Gasteiger partial charge in [-0.1, -0.05) is 18.2 Å². The third-order valence-corrected chi connectivity index (χ3v) is 5.16. The van der Waals surface area contributed by atoms with Gasteiger partial charge in [-0.2, -0.15) is 0 Å². The van der Waals surface area contributed by atoms with Gasteiger partial charge in [-0.25, -0.2) is 4.98 Å². The summed E-state index contributed by atoms with van der Waals surface area (Å²) in [6.07, 6.45) is 1.79. The fraction of sp³-hybridized carbons (Fsp3) is 0.348. The summed E-state index contributed by atoms with van der Waals surface area (Å²) >= 11 is 0. The molecule has 0 aliphatic rings. The first kappa shape index (κ1) is 20.6. The maximum Gasteiger partial charge on any atom is 0.303 e. The summed E-state index contributed by atoms with van der Waals surface area (Å²) in [5, 5.41) is 9.45. The van der Waals surface area contributed by atoms with Crippen molar-refractivity contribution in [1.29, 1.82) is 0 Å². The van der Waals surface area contributed by atoms with Gasteiger partial charge < -0.3 is 9.84 Å². The molecule has 0 radical (unpaired) electrons. The molecule has 1 atom stereocenters. The van der Waals surface area contributed by atoms with E-state index in [0.717, 1.165) is 16.7 Å². The Labute approximate surface area is 170 Å². The summed E-state index contributed by atoms with van der Waals surface area (Å²) in [6.45, 7) is 8.10. The number of fused-ring (bicyclic) bond motifs is 1. The molecule has 152 valence electrons. The largest absolute Gasteiger partial charge is 0.490 e. The summed E-state index contributed by atoms with van der Waals surface area (Å²) < 4.78 is 7.37. The number of hydrogen-bond donors (Lipinski definition) is 1. The first-order chi connectivity index (χ1) is 13.8. The number of carboxylic acids is 1. The molecule has 0 spiro atoms. The second-order valence-corrected chi connectivity index (χ2v) is 7.27. The van der Waals surface area contributed by atoms with E-state index in [1.165, 1.54) is 0 Å². The van der Waals surface area contributed by atoms with Crippen molar-refractivity contribution in [2.24, 2.45) is 0 Å². The second kappa shape index (κ2) is 8.47. The predicted octanol–water partition coefficient (Wildman–Crippen LogP) is 4.49. The summed E-state index contributed by atoms with van der Waals surface area (Å²) in [4.78, 5) is 29.4. The number of nitrogens with zero attached hydrogens (tertiary/aromatic N) is 2. The van der Waals surface area contributed by atoms with Gasteiger partial charge in [0.2, 0.25) is 0 Å². The number of carboxylic acid groups (broad SMARTS) is 1. The van der Waals surface area contributed by atoms with Gasteiger partial charge in [0.15, 0.2) is 17.2 Å². The number of Topliss-reactive ketones (excluding diaryl/α,β-unsaturated/α-hetero) is 1. The lowest BCUT2D eigenvalue weighted by Crippen LogP contribution is -2.16. The Hall–Kier alpha value is -3.15. The fourth-order valence-corrected chi connectivity index (χ4v) is 4.04. The van der Waals surface area contributed by atoms with Crippen molar-refractivity contribution in [3.8, 4) is 5.75 Å². The topological polar surface area (TPSA) is 80.9 Å². The van der Waals surface area contributed by atoms with Crippen molar-refractivity contribution in [1.82, 2.24) is 9.38 Å². The number of imidazole rings is 1. The lowest BCUT2D eigenvalue weighted by Gasteiger charge is -2.20. The van der Waals surface area contributed by atoms with E-state index in [2.05, 4.69) is 4.98 Å². The normalized spacial score (nSPS) is 12.1. The molecule has 6 heteroatoms. The number of ketones is 1. The molecule has 6 nitrogen and oxygen atoms in total. The Balaban J connectivity index is 2.02. The molecule has 0 aliphatic carbocycles. The van der Waals surface area contributed by atoms with Gasteiger partial charge in [-0.15, -0.1) is 0 Å².